The number of methoxy groups -OCH3 is 2. The van der Waals surface area contributed by atoms with Crippen molar-refractivity contribution in [1.29, 1.82) is 0 Å². The Morgan fingerprint density at radius 2 is 1.74 bits per heavy atom. The molecule has 162 valence electrons. The molecular weight excluding hydrogens is 422 g/mol. The van der Waals surface area contributed by atoms with Gasteiger partial charge in [0.15, 0.2) is 17.2 Å². The predicted octanol–water partition coefficient (Wildman–Crippen LogP) is 3.39. The number of nitrogens with zero attached hydrogens (tertiary/aromatic N) is 2. The molecule has 0 bridgehead atoms. The van der Waals surface area contributed by atoms with Crippen molar-refractivity contribution in [2.24, 2.45) is 0 Å². The Labute approximate surface area is 184 Å². The van der Waals surface area contributed by atoms with Crippen LogP contribution in [-0.4, -0.2) is 40.3 Å². The Bertz CT molecular complexity index is 1120. The summed E-state index contributed by atoms with van der Waals surface area (Å²) in [4.78, 5) is 20.6. The number of aromatic hydroxyl groups is 2. The monoisotopic (exact) mass is 443 g/mol. The first kappa shape index (κ1) is 22.2. The molecule has 0 aliphatic carbocycles. The molecule has 0 saturated carbocycles. The number of carbonyl (C=O) groups is 1. The number of hydrogen-bond donors (Lipinski definition) is 3. The summed E-state index contributed by atoms with van der Waals surface area (Å²) in [5.74, 6) is -0.759. The van der Waals surface area contributed by atoms with E-state index in [9.17, 15) is 15.0 Å². The number of rotatable bonds is 7. The van der Waals surface area contributed by atoms with E-state index in [1.54, 1.807) is 24.3 Å². The minimum absolute atomic E-state index is 0.158. The maximum Gasteiger partial charge on any atom is 0.274 e. The first-order chi connectivity index (χ1) is 14.8. The summed E-state index contributed by atoms with van der Waals surface area (Å²) >= 11 is 6.11. The van der Waals surface area contributed by atoms with Gasteiger partial charge in [-0.1, -0.05) is 29.8 Å². The van der Waals surface area contributed by atoms with Crippen LogP contribution in [0.3, 0.4) is 0 Å². The Balaban J connectivity index is 1.80. The molecule has 0 unspecified atom stereocenters. The van der Waals surface area contributed by atoms with E-state index in [1.165, 1.54) is 14.2 Å². The van der Waals surface area contributed by atoms with Crippen molar-refractivity contribution in [2.75, 3.05) is 14.2 Å². The van der Waals surface area contributed by atoms with E-state index in [-0.39, 0.29) is 24.5 Å². The molecule has 2 aromatic carbocycles. The summed E-state index contributed by atoms with van der Waals surface area (Å²) in [6.45, 7) is 2.06. The molecule has 3 N–H and O–H groups in total. The van der Waals surface area contributed by atoms with E-state index in [1.807, 2.05) is 19.1 Å². The van der Waals surface area contributed by atoms with Crippen LogP contribution < -0.4 is 14.8 Å². The van der Waals surface area contributed by atoms with Crippen LogP contribution >= 0.6 is 11.6 Å². The quantitative estimate of drug-likeness (QED) is 0.512. The summed E-state index contributed by atoms with van der Waals surface area (Å²) in [6, 6.07) is 10.7. The smallest absolute Gasteiger partial charge is 0.274 e. The normalized spacial score (nSPS) is 10.6. The fraction of sp³-hybridized carbons (Fsp3) is 0.227. The van der Waals surface area contributed by atoms with Crippen molar-refractivity contribution in [3.63, 3.8) is 0 Å². The number of nitrogens with one attached hydrogen (secondary N) is 1. The van der Waals surface area contributed by atoms with E-state index in [0.717, 1.165) is 16.7 Å². The summed E-state index contributed by atoms with van der Waals surface area (Å²) < 4.78 is 10.5. The Kier molecular flexibility index (Phi) is 6.81. The van der Waals surface area contributed by atoms with Gasteiger partial charge in [-0.2, -0.15) is 4.98 Å². The molecule has 0 aliphatic rings. The van der Waals surface area contributed by atoms with Gasteiger partial charge < -0.3 is 25.0 Å². The van der Waals surface area contributed by atoms with Gasteiger partial charge in [-0.15, -0.1) is 0 Å². The van der Waals surface area contributed by atoms with Gasteiger partial charge in [0.25, 0.3) is 11.8 Å². The molecule has 8 nitrogen and oxygen atoms in total. The van der Waals surface area contributed by atoms with Crippen molar-refractivity contribution in [2.45, 2.75) is 19.9 Å². The third-order valence-corrected chi connectivity index (χ3v) is 5.03. The van der Waals surface area contributed by atoms with Crippen molar-refractivity contribution < 1.29 is 24.5 Å². The lowest BCUT2D eigenvalue weighted by Crippen LogP contribution is -2.24. The zero-order chi connectivity index (χ0) is 22.5. The summed E-state index contributed by atoms with van der Waals surface area (Å²) in [7, 11) is 3.06. The van der Waals surface area contributed by atoms with Gasteiger partial charge in [0, 0.05) is 18.0 Å². The zero-order valence-corrected chi connectivity index (χ0v) is 18.0. The number of benzene rings is 2. The summed E-state index contributed by atoms with van der Waals surface area (Å²) in [6.07, 6.45) is 0.196. The van der Waals surface area contributed by atoms with Crippen LogP contribution in [0.2, 0.25) is 5.02 Å². The third kappa shape index (κ3) is 5.16. The van der Waals surface area contributed by atoms with Crippen LogP contribution in [0.5, 0.6) is 23.1 Å². The van der Waals surface area contributed by atoms with E-state index in [2.05, 4.69) is 15.3 Å². The van der Waals surface area contributed by atoms with E-state index >= 15 is 0 Å². The maximum absolute atomic E-state index is 12.6. The highest BCUT2D eigenvalue weighted by atomic mass is 35.5. The van der Waals surface area contributed by atoms with Gasteiger partial charge >= 0.3 is 0 Å². The molecule has 1 amide bonds. The lowest BCUT2D eigenvalue weighted by Gasteiger charge is -2.11. The van der Waals surface area contributed by atoms with Crippen LogP contribution in [0.15, 0.2) is 36.4 Å². The molecule has 0 aliphatic heterocycles. The predicted molar refractivity (Wildman–Crippen MR) is 115 cm³/mol. The topological polar surface area (TPSA) is 114 Å². The fourth-order valence-electron chi connectivity index (χ4n) is 2.91. The number of aromatic nitrogens is 2. The lowest BCUT2D eigenvalue weighted by atomic mass is 10.1. The maximum atomic E-state index is 12.6. The van der Waals surface area contributed by atoms with Crippen molar-refractivity contribution in [3.05, 3.63) is 69.6 Å². The molecule has 0 fully saturated rings. The molecule has 3 aromatic rings. The number of amides is 1. The molecule has 31 heavy (non-hydrogen) atoms. The Hall–Kier alpha value is -3.52. The van der Waals surface area contributed by atoms with Gasteiger partial charge in [0.05, 0.1) is 14.2 Å². The minimum atomic E-state index is -0.685. The molecule has 3 rings (SSSR count). The average Bonchev–Trinajstić information content (AvgIpc) is 2.76. The zero-order valence-electron chi connectivity index (χ0n) is 17.3. The number of halogens is 1. The number of ether oxygens (including phenoxy) is 2. The first-order valence-corrected chi connectivity index (χ1v) is 9.73. The largest absolute Gasteiger partial charge is 0.501 e. The Morgan fingerprint density at radius 3 is 2.42 bits per heavy atom. The van der Waals surface area contributed by atoms with Crippen LogP contribution in [0.4, 0.5) is 0 Å². The summed E-state index contributed by atoms with van der Waals surface area (Å²) in [5.41, 5.74) is 2.16. The van der Waals surface area contributed by atoms with E-state index < -0.39 is 17.5 Å². The SMILES string of the molecule is COc1ccc(Cc2nc(O)c(O)c(C(=O)NCc3ccc(C)c(Cl)c3)n2)cc1OC. The van der Waals surface area contributed by atoms with Crippen LogP contribution in [-0.2, 0) is 13.0 Å². The average molecular weight is 444 g/mol. The second-order valence-corrected chi connectivity index (χ2v) is 7.20. The van der Waals surface area contributed by atoms with Crippen LogP contribution in [0, 0.1) is 6.92 Å². The molecule has 1 heterocycles. The van der Waals surface area contributed by atoms with Gasteiger partial charge in [-0.25, -0.2) is 4.98 Å². The van der Waals surface area contributed by atoms with E-state index in [4.69, 9.17) is 21.1 Å². The second-order valence-electron chi connectivity index (χ2n) is 6.79. The molecule has 1 aromatic heterocycles. The molecule has 0 radical (unpaired) electrons. The number of aryl methyl sites for hydroxylation is 1. The second kappa shape index (κ2) is 9.53. The lowest BCUT2D eigenvalue weighted by molar-refractivity contribution is 0.0941. The van der Waals surface area contributed by atoms with Crippen molar-refractivity contribution in [1.82, 2.24) is 15.3 Å². The highest BCUT2D eigenvalue weighted by Crippen LogP contribution is 2.30. The van der Waals surface area contributed by atoms with Gasteiger partial charge in [-0.05, 0) is 41.8 Å². The molecule has 0 spiro atoms. The minimum Gasteiger partial charge on any atom is -0.501 e. The standard InChI is InChI=1S/C22H22ClN3O5/c1-12-4-5-14(8-15(12)23)11-24-21(28)19-20(27)22(29)26-18(25-19)10-13-6-7-16(30-2)17(9-13)31-3/h4-9,27H,10-11H2,1-3H3,(H,24,28)(H,25,26,29). The van der Waals surface area contributed by atoms with Gasteiger partial charge in [0.1, 0.15) is 5.82 Å². The van der Waals surface area contributed by atoms with Gasteiger partial charge in [-0.3, -0.25) is 4.79 Å². The fourth-order valence-corrected chi connectivity index (χ4v) is 3.11. The highest BCUT2D eigenvalue weighted by molar-refractivity contribution is 6.31. The van der Waals surface area contributed by atoms with Crippen LogP contribution in [0.25, 0.3) is 0 Å². The molecule has 0 saturated heterocycles. The summed E-state index contributed by atoms with van der Waals surface area (Å²) in [5, 5.41) is 23.3. The Morgan fingerprint density at radius 1 is 1.03 bits per heavy atom. The van der Waals surface area contributed by atoms with E-state index in [0.29, 0.717) is 16.5 Å². The van der Waals surface area contributed by atoms with Crippen LogP contribution in [0.1, 0.15) is 33.0 Å². The third-order valence-electron chi connectivity index (χ3n) is 4.63. The van der Waals surface area contributed by atoms with Gasteiger partial charge in [0.2, 0.25) is 5.75 Å². The number of carbonyl (C=O) groups excluding carboxylic acids is 1. The highest BCUT2D eigenvalue weighted by Gasteiger charge is 2.20. The van der Waals surface area contributed by atoms with Crippen molar-refractivity contribution in [3.8, 4) is 23.1 Å². The number of hydrogen-bond acceptors (Lipinski definition) is 7. The molecule has 9 heteroatoms. The molecule has 0 atom stereocenters. The first-order valence-electron chi connectivity index (χ1n) is 9.35. The molecular formula is C22H22ClN3O5. The van der Waals surface area contributed by atoms with Crippen molar-refractivity contribution >= 4 is 17.5 Å².